The molecule has 0 amide bonds. The molecule has 0 spiro atoms. The summed E-state index contributed by atoms with van der Waals surface area (Å²) in [5, 5.41) is 9.31. The van der Waals surface area contributed by atoms with E-state index in [1.165, 1.54) is 0 Å². The minimum atomic E-state index is -0.759. The first-order valence-corrected chi connectivity index (χ1v) is 7.27. The van der Waals surface area contributed by atoms with Crippen LogP contribution in [0.15, 0.2) is 6.20 Å². The van der Waals surface area contributed by atoms with Gasteiger partial charge in [-0.05, 0) is 31.6 Å². The van der Waals surface area contributed by atoms with Gasteiger partial charge in [0.25, 0.3) is 5.88 Å². The molecule has 1 aliphatic carbocycles. The van der Waals surface area contributed by atoms with Crippen LogP contribution in [0.4, 0.5) is 0 Å². The van der Waals surface area contributed by atoms with E-state index in [1.807, 2.05) is 13.8 Å². The Labute approximate surface area is 123 Å². The van der Waals surface area contributed by atoms with Crippen LogP contribution in [0.1, 0.15) is 51.1 Å². The highest BCUT2D eigenvalue weighted by Gasteiger charge is 2.29. The first-order valence-electron chi connectivity index (χ1n) is 6.89. The van der Waals surface area contributed by atoms with Gasteiger partial charge in [0.2, 0.25) is 0 Å². The molecule has 0 unspecified atom stereocenters. The topological polar surface area (TPSA) is 72.3 Å². The number of carboxylic acids is 1. The normalized spacial score (nSPS) is 22.8. The third-order valence-corrected chi connectivity index (χ3v) is 3.81. The van der Waals surface area contributed by atoms with Gasteiger partial charge in [0.05, 0.1) is 17.8 Å². The highest BCUT2D eigenvalue weighted by atomic mass is 35.5. The van der Waals surface area contributed by atoms with Gasteiger partial charge in [-0.1, -0.05) is 25.4 Å². The molecule has 0 bridgehead atoms. The van der Waals surface area contributed by atoms with Crippen LogP contribution in [-0.4, -0.2) is 27.1 Å². The highest BCUT2D eigenvalue weighted by molar-refractivity contribution is 6.30. The van der Waals surface area contributed by atoms with Crippen molar-refractivity contribution in [2.24, 2.45) is 5.92 Å². The summed E-state index contributed by atoms with van der Waals surface area (Å²) in [7, 11) is 0. The number of nitrogens with zero attached hydrogens (tertiary/aromatic N) is 2. The molecule has 6 heteroatoms. The zero-order valence-electron chi connectivity index (χ0n) is 11.7. The van der Waals surface area contributed by atoms with Crippen LogP contribution >= 0.6 is 11.6 Å². The van der Waals surface area contributed by atoms with E-state index in [4.69, 9.17) is 21.4 Å². The van der Waals surface area contributed by atoms with E-state index in [0.29, 0.717) is 18.7 Å². The lowest BCUT2D eigenvalue weighted by molar-refractivity contribution is -0.143. The Bertz CT molecular complexity index is 493. The van der Waals surface area contributed by atoms with Crippen LogP contribution in [0.3, 0.4) is 0 Å². The summed E-state index contributed by atoms with van der Waals surface area (Å²) < 4.78 is 5.73. The van der Waals surface area contributed by atoms with E-state index in [-0.39, 0.29) is 23.1 Å². The minimum Gasteiger partial charge on any atom is -0.481 e. The van der Waals surface area contributed by atoms with Crippen molar-refractivity contribution in [3.05, 3.63) is 17.0 Å². The van der Waals surface area contributed by atoms with E-state index < -0.39 is 5.97 Å². The first kappa shape index (κ1) is 15.0. The quantitative estimate of drug-likeness (QED) is 0.923. The molecule has 5 nitrogen and oxygen atoms in total. The van der Waals surface area contributed by atoms with Crippen LogP contribution in [0, 0.1) is 5.92 Å². The van der Waals surface area contributed by atoms with Gasteiger partial charge in [-0.3, -0.25) is 4.79 Å². The van der Waals surface area contributed by atoms with Crippen molar-refractivity contribution in [1.82, 2.24) is 9.97 Å². The number of aromatic nitrogens is 2. The zero-order valence-corrected chi connectivity index (χ0v) is 12.4. The summed E-state index contributed by atoms with van der Waals surface area (Å²) in [5.41, 5.74) is 0.814. The molecule has 1 aromatic rings. The first-order chi connectivity index (χ1) is 9.47. The number of carbonyl (C=O) groups is 1. The maximum atomic E-state index is 11.0. The Morgan fingerprint density at radius 1 is 1.50 bits per heavy atom. The second-order valence-corrected chi connectivity index (χ2v) is 5.85. The van der Waals surface area contributed by atoms with Crippen LogP contribution in [0.5, 0.6) is 5.88 Å². The molecule has 1 aliphatic rings. The number of halogens is 1. The zero-order chi connectivity index (χ0) is 14.7. The van der Waals surface area contributed by atoms with Crippen LogP contribution < -0.4 is 4.74 Å². The van der Waals surface area contributed by atoms with Crippen molar-refractivity contribution in [2.45, 2.75) is 51.6 Å². The van der Waals surface area contributed by atoms with Crippen LogP contribution in [0.25, 0.3) is 0 Å². The van der Waals surface area contributed by atoms with Crippen molar-refractivity contribution in [3.63, 3.8) is 0 Å². The monoisotopic (exact) mass is 298 g/mol. The molecule has 110 valence electrons. The fraction of sp³-hybridized carbons (Fsp3) is 0.643. The van der Waals surface area contributed by atoms with E-state index in [1.54, 1.807) is 6.20 Å². The average molecular weight is 299 g/mol. The van der Waals surface area contributed by atoms with Gasteiger partial charge in [0, 0.05) is 0 Å². The predicted octanol–water partition coefficient (Wildman–Crippen LogP) is 3.28. The lowest BCUT2D eigenvalue weighted by Gasteiger charge is -2.27. The number of rotatable bonds is 4. The smallest absolute Gasteiger partial charge is 0.306 e. The van der Waals surface area contributed by atoms with E-state index in [0.717, 1.165) is 18.5 Å². The number of carboxylic acid groups (broad SMARTS) is 1. The number of ether oxygens (including phenoxy) is 1. The van der Waals surface area contributed by atoms with Crippen molar-refractivity contribution in [2.75, 3.05) is 0 Å². The molecule has 2 rings (SSSR count). The SMILES string of the molecule is CC(C)c1cnc(O[C@H]2CCC[C@H](C(=O)O)C2)c(Cl)n1. The van der Waals surface area contributed by atoms with Gasteiger partial charge < -0.3 is 9.84 Å². The maximum absolute atomic E-state index is 11.0. The average Bonchev–Trinajstić information content (AvgIpc) is 2.41. The van der Waals surface area contributed by atoms with E-state index in [2.05, 4.69) is 9.97 Å². The van der Waals surface area contributed by atoms with Gasteiger partial charge in [-0.2, -0.15) is 0 Å². The molecule has 0 saturated heterocycles. The van der Waals surface area contributed by atoms with Crippen molar-refractivity contribution >= 4 is 17.6 Å². The molecular weight excluding hydrogens is 280 g/mol. The molecule has 1 saturated carbocycles. The standard InChI is InChI=1S/C14H19ClN2O3/c1-8(2)11-7-16-13(12(15)17-11)20-10-5-3-4-9(6-10)14(18)19/h7-10H,3-6H2,1-2H3,(H,18,19)/t9-,10-/m0/s1. The molecule has 1 N–H and O–H groups in total. The lowest BCUT2D eigenvalue weighted by Crippen LogP contribution is -2.29. The third-order valence-electron chi connectivity index (χ3n) is 3.56. The Kier molecular flexibility index (Phi) is 4.81. The van der Waals surface area contributed by atoms with Crippen molar-refractivity contribution in [1.29, 1.82) is 0 Å². The van der Waals surface area contributed by atoms with Gasteiger partial charge in [-0.25, -0.2) is 9.97 Å². The van der Waals surface area contributed by atoms with Gasteiger partial charge in [-0.15, -0.1) is 0 Å². The van der Waals surface area contributed by atoms with Crippen molar-refractivity contribution < 1.29 is 14.6 Å². The minimum absolute atomic E-state index is 0.151. The number of aliphatic carboxylic acids is 1. The van der Waals surface area contributed by atoms with Crippen molar-refractivity contribution in [3.8, 4) is 5.88 Å². The van der Waals surface area contributed by atoms with Gasteiger partial charge in [0.1, 0.15) is 6.10 Å². The summed E-state index contributed by atoms with van der Waals surface area (Å²) in [6.07, 6.45) is 4.38. The van der Waals surface area contributed by atoms with Gasteiger partial charge >= 0.3 is 5.97 Å². The predicted molar refractivity (Wildman–Crippen MR) is 75.1 cm³/mol. The summed E-state index contributed by atoms with van der Waals surface area (Å²) in [4.78, 5) is 19.5. The largest absolute Gasteiger partial charge is 0.481 e. The molecule has 0 aromatic carbocycles. The highest BCUT2D eigenvalue weighted by Crippen LogP contribution is 2.30. The Hall–Kier alpha value is -1.36. The van der Waals surface area contributed by atoms with Gasteiger partial charge in [0.15, 0.2) is 5.15 Å². The number of hydrogen-bond acceptors (Lipinski definition) is 4. The molecule has 1 fully saturated rings. The third kappa shape index (κ3) is 3.60. The Balaban J connectivity index is 2.04. The Morgan fingerprint density at radius 3 is 2.85 bits per heavy atom. The molecule has 20 heavy (non-hydrogen) atoms. The summed E-state index contributed by atoms with van der Waals surface area (Å²) in [6.45, 7) is 4.03. The molecule has 1 aromatic heterocycles. The second-order valence-electron chi connectivity index (χ2n) is 5.49. The second kappa shape index (κ2) is 6.39. The molecular formula is C14H19ClN2O3. The molecule has 1 heterocycles. The number of hydrogen-bond donors (Lipinski definition) is 1. The van der Waals surface area contributed by atoms with Crippen LogP contribution in [0.2, 0.25) is 5.15 Å². The molecule has 0 radical (unpaired) electrons. The maximum Gasteiger partial charge on any atom is 0.306 e. The lowest BCUT2D eigenvalue weighted by atomic mass is 9.87. The Morgan fingerprint density at radius 2 is 2.25 bits per heavy atom. The summed E-state index contributed by atoms with van der Waals surface area (Å²) >= 11 is 6.08. The van der Waals surface area contributed by atoms with Crippen LogP contribution in [-0.2, 0) is 4.79 Å². The van der Waals surface area contributed by atoms with E-state index >= 15 is 0 Å². The summed E-state index contributed by atoms with van der Waals surface area (Å²) in [6, 6.07) is 0. The fourth-order valence-electron chi connectivity index (χ4n) is 2.36. The van der Waals surface area contributed by atoms with E-state index in [9.17, 15) is 4.79 Å². The fourth-order valence-corrected chi connectivity index (χ4v) is 2.55. The summed E-state index contributed by atoms with van der Waals surface area (Å²) in [5.74, 6) is -0.548. The molecule has 2 atom stereocenters. The molecule has 0 aliphatic heterocycles.